The molecule has 0 saturated heterocycles. The topological polar surface area (TPSA) is 84.7 Å². The average molecular weight is 314 g/mol. The fourth-order valence-corrected chi connectivity index (χ4v) is 1.56. The van der Waals surface area contributed by atoms with Crippen molar-refractivity contribution in [1.29, 1.82) is 0 Å². The van der Waals surface area contributed by atoms with Crippen molar-refractivity contribution in [2.24, 2.45) is 5.73 Å². The maximum absolute atomic E-state index is 11.8. The number of rotatable bonds is 5. The highest BCUT2D eigenvalue weighted by molar-refractivity contribution is 6.00. The summed E-state index contributed by atoms with van der Waals surface area (Å²) in [4.78, 5) is 24.7. The van der Waals surface area contributed by atoms with Gasteiger partial charge in [-0.1, -0.05) is 6.07 Å². The molecule has 1 fully saturated rings. The zero-order valence-electron chi connectivity index (χ0n) is 12.1. The van der Waals surface area contributed by atoms with Gasteiger partial charge in [0.25, 0.3) is 5.91 Å². The largest absolute Gasteiger partial charge is 0.484 e. The molecule has 0 atom stereocenters. The minimum atomic E-state index is -0.711. The van der Waals surface area contributed by atoms with Crippen LogP contribution in [0.2, 0.25) is 0 Å². The maximum atomic E-state index is 11.8. The highest BCUT2D eigenvalue weighted by Crippen LogP contribution is 2.33. The van der Waals surface area contributed by atoms with Gasteiger partial charge in [0.05, 0.1) is 5.54 Å². The van der Waals surface area contributed by atoms with E-state index in [1.54, 1.807) is 38.4 Å². The van der Waals surface area contributed by atoms with Crippen LogP contribution in [0, 0.1) is 0 Å². The molecule has 1 aromatic rings. The molecule has 0 aliphatic heterocycles. The van der Waals surface area contributed by atoms with Gasteiger partial charge in [-0.3, -0.25) is 9.59 Å². The highest BCUT2D eigenvalue weighted by atomic mass is 35.5. The van der Waals surface area contributed by atoms with E-state index in [4.69, 9.17) is 10.5 Å². The van der Waals surface area contributed by atoms with Crippen molar-refractivity contribution in [3.63, 3.8) is 0 Å². The van der Waals surface area contributed by atoms with Crippen LogP contribution < -0.4 is 15.8 Å². The van der Waals surface area contributed by atoms with Gasteiger partial charge < -0.3 is 20.7 Å². The minimum Gasteiger partial charge on any atom is -0.484 e. The number of hydrogen-bond donors (Lipinski definition) is 2. The molecule has 0 bridgehead atoms. The van der Waals surface area contributed by atoms with Crippen LogP contribution in [0.1, 0.15) is 12.8 Å². The number of nitrogens with two attached hydrogens (primary N) is 1. The van der Waals surface area contributed by atoms with Crippen molar-refractivity contribution < 1.29 is 14.3 Å². The molecule has 3 N–H and O–H groups in total. The predicted octanol–water partition coefficient (Wildman–Crippen LogP) is 1.01. The minimum absolute atomic E-state index is 0. The molecule has 21 heavy (non-hydrogen) atoms. The van der Waals surface area contributed by atoms with E-state index in [0.29, 0.717) is 24.3 Å². The third-order valence-electron chi connectivity index (χ3n) is 3.19. The molecule has 116 valence electrons. The first kappa shape index (κ1) is 17.3. The summed E-state index contributed by atoms with van der Waals surface area (Å²) in [6.45, 7) is -0.0365. The Morgan fingerprint density at radius 1 is 1.38 bits per heavy atom. The number of halogens is 1. The van der Waals surface area contributed by atoms with Crippen LogP contribution in [-0.4, -0.2) is 43.0 Å². The van der Waals surface area contributed by atoms with Gasteiger partial charge in [0.1, 0.15) is 5.75 Å². The Morgan fingerprint density at radius 2 is 2.05 bits per heavy atom. The van der Waals surface area contributed by atoms with E-state index in [1.807, 2.05) is 0 Å². The molecular formula is C14H20ClN3O3. The number of likely N-dealkylation sites (N-methyl/N-ethyl adjacent to an activating group) is 1. The lowest BCUT2D eigenvalue weighted by Gasteiger charge is -2.13. The van der Waals surface area contributed by atoms with Gasteiger partial charge in [0, 0.05) is 25.8 Å². The number of nitrogens with zero attached hydrogens (tertiary/aromatic N) is 1. The number of amides is 2. The molecule has 1 saturated carbocycles. The average Bonchev–Trinajstić information content (AvgIpc) is 3.15. The number of ether oxygens (including phenoxy) is 1. The third kappa shape index (κ3) is 4.61. The van der Waals surface area contributed by atoms with Crippen molar-refractivity contribution in [1.82, 2.24) is 4.90 Å². The van der Waals surface area contributed by atoms with Crippen LogP contribution in [0.4, 0.5) is 5.69 Å². The fourth-order valence-electron chi connectivity index (χ4n) is 1.56. The van der Waals surface area contributed by atoms with Gasteiger partial charge in [0.2, 0.25) is 5.91 Å². The van der Waals surface area contributed by atoms with Gasteiger partial charge >= 0.3 is 0 Å². The molecule has 6 nitrogen and oxygen atoms in total. The summed E-state index contributed by atoms with van der Waals surface area (Å²) >= 11 is 0. The SMILES string of the molecule is CN(C)C(=O)COc1cccc(NC(=O)C2(N)CC2)c1.Cl. The molecular weight excluding hydrogens is 294 g/mol. The Kier molecular flexibility index (Phi) is 5.57. The van der Waals surface area contributed by atoms with E-state index in [0.717, 1.165) is 0 Å². The van der Waals surface area contributed by atoms with Crippen LogP contribution in [-0.2, 0) is 9.59 Å². The smallest absolute Gasteiger partial charge is 0.259 e. The molecule has 0 radical (unpaired) electrons. The lowest BCUT2D eigenvalue weighted by molar-refractivity contribution is -0.130. The molecule has 0 unspecified atom stereocenters. The van der Waals surface area contributed by atoms with E-state index in [9.17, 15) is 9.59 Å². The zero-order valence-corrected chi connectivity index (χ0v) is 12.9. The van der Waals surface area contributed by atoms with Crippen molar-refractivity contribution >= 4 is 29.9 Å². The molecule has 0 aromatic heterocycles. The summed E-state index contributed by atoms with van der Waals surface area (Å²) in [5.41, 5.74) is 5.72. The van der Waals surface area contributed by atoms with Crippen LogP contribution in [0.3, 0.4) is 0 Å². The molecule has 0 spiro atoms. The summed E-state index contributed by atoms with van der Waals surface area (Å²) < 4.78 is 5.38. The standard InChI is InChI=1S/C14H19N3O3.ClH/c1-17(2)12(18)9-20-11-5-3-4-10(8-11)16-13(19)14(15)6-7-14;/h3-5,8H,6-7,9,15H2,1-2H3,(H,16,19);1H. The summed E-state index contributed by atoms with van der Waals surface area (Å²) in [6, 6.07) is 6.91. The molecule has 1 aliphatic rings. The number of nitrogens with one attached hydrogen (secondary N) is 1. The van der Waals surface area contributed by atoms with E-state index < -0.39 is 5.54 Å². The first-order valence-electron chi connectivity index (χ1n) is 6.44. The Morgan fingerprint density at radius 3 is 2.62 bits per heavy atom. The molecule has 0 heterocycles. The summed E-state index contributed by atoms with van der Waals surface area (Å²) in [7, 11) is 3.33. The summed E-state index contributed by atoms with van der Waals surface area (Å²) in [5, 5.41) is 2.76. The molecule has 7 heteroatoms. The van der Waals surface area contributed by atoms with Crippen molar-refractivity contribution in [2.75, 3.05) is 26.0 Å². The monoisotopic (exact) mass is 313 g/mol. The van der Waals surface area contributed by atoms with E-state index in [-0.39, 0.29) is 30.8 Å². The number of carbonyl (C=O) groups is 2. The second-order valence-electron chi connectivity index (χ2n) is 5.21. The second-order valence-corrected chi connectivity index (χ2v) is 5.21. The zero-order chi connectivity index (χ0) is 14.8. The molecule has 2 rings (SSSR count). The second kappa shape index (κ2) is 6.78. The normalized spacial score (nSPS) is 14.6. The Balaban J connectivity index is 0.00000220. The molecule has 1 aliphatic carbocycles. The van der Waals surface area contributed by atoms with E-state index in [2.05, 4.69) is 5.32 Å². The first-order valence-corrected chi connectivity index (χ1v) is 6.44. The fraction of sp³-hybridized carbons (Fsp3) is 0.429. The summed E-state index contributed by atoms with van der Waals surface area (Å²) in [6.07, 6.45) is 1.43. The first-order chi connectivity index (χ1) is 9.40. The maximum Gasteiger partial charge on any atom is 0.259 e. The number of carbonyl (C=O) groups excluding carboxylic acids is 2. The van der Waals surface area contributed by atoms with Crippen LogP contribution >= 0.6 is 12.4 Å². The van der Waals surface area contributed by atoms with Gasteiger partial charge in [-0.05, 0) is 25.0 Å². The Labute approximate surface area is 130 Å². The van der Waals surface area contributed by atoms with Gasteiger partial charge in [-0.25, -0.2) is 0 Å². The highest BCUT2D eigenvalue weighted by Gasteiger charge is 2.45. The number of benzene rings is 1. The Hall–Kier alpha value is -1.79. The molecule has 1 aromatic carbocycles. The van der Waals surface area contributed by atoms with Crippen molar-refractivity contribution in [2.45, 2.75) is 18.4 Å². The number of anilines is 1. The lowest BCUT2D eigenvalue weighted by atomic mass is 10.2. The molecule has 2 amide bonds. The quantitative estimate of drug-likeness (QED) is 0.849. The van der Waals surface area contributed by atoms with Gasteiger partial charge in [-0.15, -0.1) is 12.4 Å². The van der Waals surface area contributed by atoms with E-state index >= 15 is 0 Å². The van der Waals surface area contributed by atoms with Crippen LogP contribution in [0.5, 0.6) is 5.75 Å². The summed E-state index contributed by atoms with van der Waals surface area (Å²) in [5.74, 6) is 0.220. The van der Waals surface area contributed by atoms with Crippen molar-refractivity contribution in [3.8, 4) is 5.75 Å². The van der Waals surface area contributed by atoms with Gasteiger partial charge in [-0.2, -0.15) is 0 Å². The van der Waals surface area contributed by atoms with Gasteiger partial charge in [0.15, 0.2) is 6.61 Å². The van der Waals surface area contributed by atoms with Crippen LogP contribution in [0.25, 0.3) is 0 Å². The predicted molar refractivity (Wildman–Crippen MR) is 82.7 cm³/mol. The van der Waals surface area contributed by atoms with Crippen molar-refractivity contribution in [3.05, 3.63) is 24.3 Å². The van der Waals surface area contributed by atoms with Crippen LogP contribution in [0.15, 0.2) is 24.3 Å². The lowest BCUT2D eigenvalue weighted by Crippen LogP contribution is -2.37. The van der Waals surface area contributed by atoms with E-state index in [1.165, 1.54) is 4.90 Å². The number of hydrogen-bond acceptors (Lipinski definition) is 4. The third-order valence-corrected chi connectivity index (χ3v) is 3.19. The Bertz CT molecular complexity index is 530.